The van der Waals surface area contributed by atoms with E-state index in [0.717, 1.165) is 24.4 Å². The van der Waals surface area contributed by atoms with E-state index < -0.39 is 0 Å². The van der Waals surface area contributed by atoms with E-state index in [-0.39, 0.29) is 0 Å². The first-order chi connectivity index (χ1) is 6.24. The second kappa shape index (κ2) is 5.64. The smallest absolute Gasteiger partial charge is 0.00900 e. The van der Waals surface area contributed by atoms with Crippen molar-refractivity contribution in [2.45, 2.75) is 58.9 Å². The third-order valence-corrected chi connectivity index (χ3v) is 3.38. The van der Waals surface area contributed by atoms with Gasteiger partial charge in [0.2, 0.25) is 0 Å². The van der Waals surface area contributed by atoms with Gasteiger partial charge in [0.1, 0.15) is 0 Å². The lowest BCUT2D eigenvalue weighted by Gasteiger charge is -2.29. The fraction of sp³-hybridized carbons (Fsp3) is 1.00. The van der Waals surface area contributed by atoms with Crippen LogP contribution in [0.5, 0.6) is 0 Å². The van der Waals surface area contributed by atoms with Gasteiger partial charge in [-0.05, 0) is 31.2 Å². The molecule has 78 valence electrons. The van der Waals surface area contributed by atoms with E-state index in [1.54, 1.807) is 0 Å². The molecule has 0 aliphatic heterocycles. The lowest BCUT2D eigenvalue weighted by molar-refractivity contribution is 0.260. The molecule has 1 aliphatic carbocycles. The van der Waals surface area contributed by atoms with E-state index in [1.165, 1.54) is 32.1 Å². The Bertz CT molecular complexity index is 127. The Morgan fingerprint density at radius 3 is 2.38 bits per heavy atom. The first-order valence-corrected chi connectivity index (χ1v) is 5.97. The summed E-state index contributed by atoms with van der Waals surface area (Å²) < 4.78 is 0. The molecule has 1 unspecified atom stereocenters. The highest BCUT2D eigenvalue weighted by atomic mass is 14.9. The van der Waals surface area contributed by atoms with Gasteiger partial charge in [-0.15, -0.1) is 0 Å². The van der Waals surface area contributed by atoms with Crippen molar-refractivity contribution in [3.63, 3.8) is 0 Å². The summed E-state index contributed by atoms with van der Waals surface area (Å²) in [5.41, 5.74) is 0. The number of hydrogen-bond acceptors (Lipinski definition) is 1. The Morgan fingerprint density at radius 2 is 2.00 bits per heavy atom. The highest BCUT2D eigenvalue weighted by Gasteiger charge is 2.19. The summed E-state index contributed by atoms with van der Waals surface area (Å²) in [5.74, 6) is 1.86. The lowest BCUT2D eigenvalue weighted by atomic mass is 9.80. The topological polar surface area (TPSA) is 12.0 Å². The van der Waals surface area contributed by atoms with Gasteiger partial charge in [-0.3, -0.25) is 0 Å². The van der Waals surface area contributed by atoms with Gasteiger partial charge in [0.15, 0.2) is 0 Å². The molecular formula is C12H25N. The Balaban J connectivity index is 2.12. The molecular weight excluding hydrogens is 158 g/mol. The highest BCUT2D eigenvalue weighted by Crippen LogP contribution is 2.31. The van der Waals surface area contributed by atoms with Gasteiger partial charge in [-0.2, -0.15) is 0 Å². The molecule has 0 spiro atoms. The average molecular weight is 183 g/mol. The van der Waals surface area contributed by atoms with Gasteiger partial charge >= 0.3 is 0 Å². The summed E-state index contributed by atoms with van der Waals surface area (Å²) in [5, 5.41) is 3.59. The number of hydrogen-bond donors (Lipinski definition) is 1. The normalized spacial score (nSPS) is 20.3. The van der Waals surface area contributed by atoms with Crippen molar-refractivity contribution in [1.82, 2.24) is 5.32 Å². The molecule has 1 rings (SSSR count). The van der Waals surface area contributed by atoms with Crippen molar-refractivity contribution < 1.29 is 0 Å². The second-order valence-corrected chi connectivity index (χ2v) is 4.78. The summed E-state index contributed by atoms with van der Waals surface area (Å²) in [6.07, 6.45) is 7.32. The van der Waals surface area contributed by atoms with Gasteiger partial charge in [0.25, 0.3) is 0 Å². The van der Waals surface area contributed by atoms with Crippen LogP contribution in [-0.2, 0) is 0 Å². The van der Waals surface area contributed by atoms with E-state index in [2.05, 4.69) is 26.1 Å². The van der Waals surface area contributed by atoms with Crippen LogP contribution in [-0.4, -0.2) is 12.6 Å². The minimum absolute atomic E-state index is 0.755. The van der Waals surface area contributed by atoms with Gasteiger partial charge in [-0.25, -0.2) is 0 Å². The Hall–Kier alpha value is -0.0400. The highest BCUT2D eigenvalue weighted by molar-refractivity contribution is 4.75. The molecule has 1 aliphatic rings. The Morgan fingerprint density at radius 1 is 1.31 bits per heavy atom. The summed E-state index contributed by atoms with van der Waals surface area (Å²) in [6, 6.07) is 0.755. The monoisotopic (exact) mass is 183 g/mol. The summed E-state index contributed by atoms with van der Waals surface area (Å²) in [6.45, 7) is 7.98. The van der Waals surface area contributed by atoms with Crippen molar-refractivity contribution in [1.29, 1.82) is 0 Å². The van der Waals surface area contributed by atoms with Gasteiger partial charge in [0, 0.05) is 6.04 Å². The fourth-order valence-corrected chi connectivity index (χ4v) is 2.13. The first kappa shape index (κ1) is 11.0. The molecule has 1 saturated carbocycles. The first-order valence-electron chi connectivity index (χ1n) is 5.97. The molecule has 1 atom stereocenters. The van der Waals surface area contributed by atoms with Crippen LogP contribution in [0.4, 0.5) is 0 Å². The molecule has 0 saturated heterocycles. The van der Waals surface area contributed by atoms with Crippen LogP contribution in [0.2, 0.25) is 0 Å². The number of rotatable bonds is 6. The predicted octanol–water partition coefficient (Wildman–Crippen LogP) is 3.20. The maximum atomic E-state index is 3.59. The Kier molecular flexibility index (Phi) is 4.79. The van der Waals surface area contributed by atoms with E-state index in [9.17, 15) is 0 Å². The van der Waals surface area contributed by atoms with Crippen molar-refractivity contribution in [3.8, 4) is 0 Å². The van der Waals surface area contributed by atoms with E-state index in [4.69, 9.17) is 0 Å². The van der Waals surface area contributed by atoms with E-state index in [0.29, 0.717) is 0 Å². The molecule has 1 nitrogen and oxygen atoms in total. The molecule has 0 radical (unpaired) electrons. The van der Waals surface area contributed by atoms with Crippen molar-refractivity contribution in [3.05, 3.63) is 0 Å². The third-order valence-electron chi connectivity index (χ3n) is 3.38. The lowest BCUT2D eigenvalue weighted by Crippen LogP contribution is -2.34. The zero-order chi connectivity index (χ0) is 9.68. The third kappa shape index (κ3) is 3.68. The fourth-order valence-electron chi connectivity index (χ4n) is 2.13. The second-order valence-electron chi connectivity index (χ2n) is 4.78. The SMILES string of the molecule is CCNC(CCC1CCC1)C(C)C. The van der Waals surface area contributed by atoms with Crippen molar-refractivity contribution in [2.24, 2.45) is 11.8 Å². The standard InChI is InChI=1S/C12H25N/c1-4-13-12(10(2)3)9-8-11-6-5-7-11/h10-13H,4-9H2,1-3H3. The minimum atomic E-state index is 0.755. The van der Waals surface area contributed by atoms with E-state index in [1.807, 2.05) is 0 Å². The molecule has 0 aromatic rings. The molecule has 0 aromatic heterocycles. The molecule has 0 aromatic carbocycles. The van der Waals surface area contributed by atoms with Crippen LogP contribution in [0.25, 0.3) is 0 Å². The van der Waals surface area contributed by atoms with Gasteiger partial charge < -0.3 is 5.32 Å². The summed E-state index contributed by atoms with van der Waals surface area (Å²) in [7, 11) is 0. The van der Waals surface area contributed by atoms with Crippen LogP contribution in [0.3, 0.4) is 0 Å². The maximum Gasteiger partial charge on any atom is 0.00900 e. The molecule has 0 amide bonds. The molecule has 1 heteroatoms. The molecule has 0 heterocycles. The van der Waals surface area contributed by atoms with Crippen LogP contribution in [0.15, 0.2) is 0 Å². The van der Waals surface area contributed by atoms with E-state index >= 15 is 0 Å². The number of nitrogens with one attached hydrogen (secondary N) is 1. The zero-order valence-electron chi connectivity index (χ0n) is 9.47. The van der Waals surface area contributed by atoms with Crippen LogP contribution in [0, 0.1) is 11.8 Å². The van der Waals surface area contributed by atoms with Crippen molar-refractivity contribution >= 4 is 0 Å². The zero-order valence-corrected chi connectivity index (χ0v) is 9.47. The van der Waals surface area contributed by atoms with Crippen LogP contribution < -0.4 is 5.32 Å². The maximum absolute atomic E-state index is 3.59. The predicted molar refractivity (Wildman–Crippen MR) is 58.9 cm³/mol. The van der Waals surface area contributed by atoms with Gasteiger partial charge in [-0.1, -0.05) is 40.0 Å². The van der Waals surface area contributed by atoms with Crippen LogP contribution in [0.1, 0.15) is 52.9 Å². The molecule has 1 N–H and O–H groups in total. The summed E-state index contributed by atoms with van der Waals surface area (Å²) >= 11 is 0. The largest absolute Gasteiger partial charge is 0.314 e. The van der Waals surface area contributed by atoms with Crippen molar-refractivity contribution in [2.75, 3.05) is 6.54 Å². The van der Waals surface area contributed by atoms with Crippen LogP contribution >= 0.6 is 0 Å². The summed E-state index contributed by atoms with van der Waals surface area (Å²) in [4.78, 5) is 0. The van der Waals surface area contributed by atoms with Gasteiger partial charge in [0.05, 0.1) is 0 Å². The Labute approximate surface area is 83.3 Å². The quantitative estimate of drug-likeness (QED) is 0.667. The molecule has 0 bridgehead atoms. The molecule has 1 fully saturated rings. The molecule has 13 heavy (non-hydrogen) atoms. The average Bonchev–Trinajstić information content (AvgIpc) is 1.99. The minimum Gasteiger partial charge on any atom is -0.314 e.